The van der Waals surface area contributed by atoms with Gasteiger partial charge in [-0.2, -0.15) is 24.9 Å². The highest BCUT2D eigenvalue weighted by atomic mass is 32.2. The lowest BCUT2D eigenvalue weighted by molar-refractivity contribution is -0.136. The second kappa shape index (κ2) is 6.38. The van der Waals surface area contributed by atoms with Gasteiger partial charge in [0.2, 0.25) is 0 Å². The Morgan fingerprint density at radius 1 is 1.24 bits per heavy atom. The van der Waals surface area contributed by atoms with Crippen LogP contribution in [0, 0.1) is 0 Å². The number of nitrogen functional groups attached to an aromatic ring is 1. The lowest BCUT2D eigenvalue weighted by Gasteiger charge is -2.36. The summed E-state index contributed by atoms with van der Waals surface area (Å²) in [5, 5.41) is 3.01. The molecule has 21 heavy (non-hydrogen) atoms. The van der Waals surface area contributed by atoms with Gasteiger partial charge in [0, 0.05) is 22.7 Å². The summed E-state index contributed by atoms with van der Waals surface area (Å²) < 4.78 is 39.3. The number of thioether (sulfide) groups is 1. The molecule has 1 aromatic rings. The Kier molecular flexibility index (Phi) is 4.96. The SMILES string of the molecule is CSC1(CNc2ccc(N)cc2C(F)(F)F)CCCCC1. The molecule has 0 atom stereocenters. The van der Waals surface area contributed by atoms with Crippen molar-refractivity contribution in [3.63, 3.8) is 0 Å². The van der Waals surface area contributed by atoms with Crippen LogP contribution in [0.4, 0.5) is 24.5 Å². The Morgan fingerprint density at radius 3 is 2.48 bits per heavy atom. The van der Waals surface area contributed by atoms with E-state index in [4.69, 9.17) is 5.73 Å². The van der Waals surface area contributed by atoms with Crippen molar-refractivity contribution in [3.05, 3.63) is 23.8 Å². The zero-order chi connectivity index (χ0) is 15.5. The molecule has 0 spiro atoms. The number of hydrogen-bond donors (Lipinski definition) is 2. The van der Waals surface area contributed by atoms with Gasteiger partial charge in [-0.3, -0.25) is 0 Å². The highest BCUT2D eigenvalue weighted by molar-refractivity contribution is 8.00. The molecule has 1 aliphatic carbocycles. The average Bonchev–Trinajstić information content (AvgIpc) is 2.46. The van der Waals surface area contributed by atoms with Crippen molar-refractivity contribution in [2.45, 2.75) is 43.0 Å². The number of rotatable bonds is 4. The Hall–Kier alpha value is -1.04. The normalized spacial score (nSPS) is 18.5. The molecule has 1 aromatic carbocycles. The van der Waals surface area contributed by atoms with Crippen LogP contribution in [0.5, 0.6) is 0 Å². The topological polar surface area (TPSA) is 38.0 Å². The first-order valence-corrected chi connectivity index (χ1v) is 8.34. The van der Waals surface area contributed by atoms with Gasteiger partial charge in [-0.05, 0) is 37.3 Å². The number of anilines is 2. The van der Waals surface area contributed by atoms with Gasteiger partial charge >= 0.3 is 6.18 Å². The highest BCUT2D eigenvalue weighted by Crippen LogP contribution is 2.40. The molecule has 1 fully saturated rings. The number of benzene rings is 1. The molecular weight excluding hydrogens is 297 g/mol. The number of nitrogens with two attached hydrogens (primary N) is 1. The molecule has 0 aromatic heterocycles. The van der Waals surface area contributed by atoms with Crippen molar-refractivity contribution in [1.29, 1.82) is 0 Å². The maximum absolute atomic E-state index is 13.1. The summed E-state index contributed by atoms with van der Waals surface area (Å²) >= 11 is 1.76. The van der Waals surface area contributed by atoms with Gasteiger partial charge in [-0.15, -0.1) is 0 Å². The van der Waals surface area contributed by atoms with E-state index in [1.165, 1.54) is 18.6 Å². The minimum Gasteiger partial charge on any atom is -0.399 e. The Bertz CT molecular complexity index is 482. The molecular formula is C15H21F3N2S. The van der Waals surface area contributed by atoms with Crippen LogP contribution in [0.2, 0.25) is 0 Å². The van der Waals surface area contributed by atoms with E-state index in [1.54, 1.807) is 11.8 Å². The van der Waals surface area contributed by atoms with E-state index in [2.05, 4.69) is 5.32 Å². The minimum atomic E-state index is -4.39. The maximum Gasteiger partial charge on any atom is 0.418 e. The number of halogens is 3. The molecule has 118 valence electrons. The van der Waals surface area contributed by atoms with Crippen LogP contribution in [0.25, 0.3) is 0 Å². The van der Waals surface area contributed by atoms with E-state index in [-0.39, 0.29) is 16.1 Å². The van der Waals surface area contributed by atoms with Crippen molar-refractivity contribution in [2.75, 3.05) is 23.9 Å². The van der Waals surface area contributed by atoms with Gasteiger partial charge in [0.05, 0.1) is 5.56 Å². The largest absolute Gasteiger partial charge is 0.418 e. The Labute approximate surface area is 127 Å². The van der Waals surface area contributed by atoms with Crippen LogP contribution >= 0.6 is 11.8 Å². The fourth-order valence-electron chi connectivity index (χ4n) is 2.86. The quantitative estimate of drug-likeness (QED) is 0.786. The molecule has 0 unspecified atom stereocenters. The van der Waals surface area contributed by atoms with Gasteiger partial charge in [0.25, 0.3) is 0 Å². The fraction of sp³-hybridized carbons (Fsp3) is 0.600. The molecule has 1 saturated carbocycles. The van der Waals surface area contributed by atoms with Gasteiger partial charge in [-0.25, -0.2) is 0 Å². The summed E-state index contributed by atoms with van der Waals surface area (Å²) in [6, 6.07) is 3.92. The summed E-state index contributed by atoms with van der Waals surface area (Å²) in [5.74, 6) is 0. The molecule has 0 radical (unpaired) electrons. The van der Waals surface area contributed by atoms with Crippen LogP contribution in [0.15, 0.2) is 18.2 Å². The average molecular weight is 318 g/mol. The molecule has 3 N–H and O–H groups in total. The van der Waals surface area contributed by atoms with Crippen molar-refractivity contribution in [2.24, 2.45) is 0 Å². The first-order valence-electron chi connectivity index (χ1n) is 7.12. The minimum absolute atomic E-state index is 0.0442. The van der Waals surface area contributed by atoms with Crippen LogP contribution < -0.4 is 11.1 Å². The third-order valence-corrected chi connectivity index (χ3v) is 5.57. The highest BCUT2D eigenvalue weighted by Gasteiger charge is 2.35. The van der Waals surface area contributed by atoms with Gasteiger partial charge in [0.1, 0.15) is 0 Å². The van der Waals surface area contributed by atoms with Crippen molar-refractivity contribution >= 4 is 23.1 Å². The summed E-state index contributed by atoms with van der Waals surface area (Å²) in [5.41, 5.74) is 5.05. The Morgan fingerprint density at radius 2 is 1.90 bits per heavy atom. The van der Waals surface area contributed by atoms with Crippen LogP contribution in [0.3, 0.4) is 0 Å². The van der Waals surface area contributed by atoms with E-state index in [0.29, 0.717) is 6.54 Å². The Balaban J connectivity index is 2.16. The molecule has 0 aliphatic heterocycles. The first-order chi connectivity index (χ1) is 9.86. The van der Waals surface area contributed by atoms with Crippen molar-refractivity contribution in [1.82, 2.24) is 0 Å². The standard InChI is InChI=1S/C15H21F3N2S/c1-21-14(7-3-2-4-8-14)10-20-13-6-5-11(19)9-12(13)15(16,17)18/h5-6,9,20H,2-4,7-8,10,19H2,1H3. The van der Waals surface area contributed by atoms with Crippen LogP contribution in [0.1, 0.15) is 37.7 Å². The number of alkyl halides is 3. The van der Waals surface area contributed by atoms with E-state index in [9.17, 15) is 13.2 Å². The molecule has 0 amide bonds. The van der Waals surface area contributed by atoms with Gasteiger partial charge in [-0.1, -0.05) is 19.3 Å². The monoisotopic (exact) mass is 318 g/mol. The third kappa shape index (κ3) is 3.99. The summed E-state index contributed by atoms with van der Waals surface area (Å²) in [7, 11) is 0. The van der Waals surface area contributed by atoms with Crippen LogP contribution in [-0.2, 0) is 6.18 Å². The van der Waals surface area contributed by atoms with Crippen LogP contribution in [-0.4, -0.2) is 17.5 Å². The van der Waals surface area contributed by atoms with Crippen molar-refractivity contribution in [3.8, 4) is 0 Å². The smallest absolute Gasteiger partial charge is 0.399 e. The summed E-state index contributed by atoms with van der Waals surface area (Å²) in [6.07, 6.45) is 3.27. The van der Waals surface area contributed by atoms with E-state index < -0.39 is 11.7 Å². The predicted molar refractivity (Wildman–Crippen MR) is 83.7 cm³/mol. The molecule has 0 heterocycles. The molecule has 6 heteroatoms. The number of hydrogen-bond acceptors (Lipinski definition) is 3. The molecule has 2 rings (SSSR count). The fourth-order valence-corrected chi connectivity index (χ4v) is 3.77. The zero-order valence-electron chi connectivity index (χ0n) is 12.1. The number of nitrogens with one attached hydrogen (secondary N) is 1. The summed E-state index contributed by atoms with van der Waals surface area (Å²) in [6.45, 7) is 0.557. The second-order valence-electron chi connectivity index (χ2n) is 5.60. The first kappa shape index (κ1) is 16.3. The zero-order valence-corrected chi connectivity index (χ0v) is 12.9. The second-order valence-corrected chi connectivity index (χ2v) is 6.88. The lowest BCUT2D eigenvalue weighted by Crippen LogP contribution is -2.36. The van der Waals surface area contributed by atoms with E-state index >= 15 is 0 Å². The van der Waals surface area contributed by atoms with E-state index in [1.807, 2.05) is 6.26 Å². The van der Waals surface area contributed by atoms with Gasteiger partial charge < -0.3 is 11.1 Å². The molecule has 0 saturated heterocycles. The lowest BCUT2D eigenvalue weighted by atomic mass is 9.88. The maximum atomic E-state index is 13.1. The molecule has 2 nitrogen and oxygen atoms in total. The van der Waals surface area contributed by atoms with E-state index in [0.717, 1.165) is 31.7 Å². The molecule has 1 aliphatic rings. The third-order valence-electron chi connectivity index (χ3n) is 4.15. The van der Waals surface area contributed by atoms with Crippen molar-refractivity contribution < 1.29 is 13.2 Å². The van der Waals surface area contributed by atoms with Gasteiger partial charge in [0.15, 0.2) is 0 Å². The molecule has 0 bridgehead atoms. The summed E-state index contributed by atoms with van der Waals surface area (Å²) in [4.78, 5) is 0. The predicted octanol–water partition coefficient (Wildman–Crippen LogP) is 4.77.